The fourth-order valence-electron chi connectivity index (χ4n) is 3.21. The molecule has 0 aromatic rings. The van der Waals surface area contributed by atoms with Crippen molar-refractivity contribution < 1.29 is 8.42 Å². The minimum Gasteiger partial charge on any atom is -0.313 e. The van der Waals surface area contributed by atoms with Gasteiger partial charge in [0.25, 0.3) is 0 Å². The number of rotatable bonds is 5. The van der Waals surface area contributed by atoms with Gasteiger partial charge < -0.3 is 5.32 Å². The van der Waals surface area contributed by atoms with Gasteiger partial charge in [0.2, 0.25) is 10.0 Å². The molecular formula is C13H26N2O2S. The van der Waals surface area contributed by atoms with Crippen molar-refractivity contribution in [3.8, 4) is 0 Å². The Morgan fingerprint density at radius 3 is 2.72 bits per heavy atom. The van der Waals surface area contributed by atoms with Gasteiger partial charge in [-0.25, -0.2) is 8.42 Å². The molecule has 2 aliphatic rings. The summed E-state index contributed by atoms with van der Waals surface area (Å²) in [7, 11) is -3.07. The Balaban J connectivity index is 2.01. The SMILES string of the molecule is CCCC1CCCCN1S(=O)(=O)CC1CCCN1. The summed E-state index contributed by atoms with van der Waals surface area (Å²) >= 11 is 0. The Bertz CT molecular complexity index is 348. The van der Waals surface area contributed by atoms with Gasteiger partial charge in [0, 0.05) is 18.6 Å². The van der Waals surface area contributed by atoms with Crippen LogP contribution in [0.4, 0.5) is 0 Å². The van der Waals surface area contributed by atoms with Gasteiger partial charge in [0.15, 0.2) is 0 Å². The fraction of sp³-hybridized carbons (Fsp3) is 1.00. The van der Waals surface area contributed by atoms with E-state index in [1.807, 2.05) is 0 Å². The van der Waals surface area contributed by atoms with Crippen LogP contribution in [0.2, 0.25) is 0 Å². The van der Waals surface area contributed by atoms with Crippen LogP contribution in [0.15, 0.2) is 0 Å². The summed E-state index contributed by atoms with van der Waals surface area (Å²) in [6, 6.07) is 0.439. The lowest BCUT2D eigenvalue weighted by Crippen LogP contribution is -2.47. The van der Waals surface area contributed by atoms with Crippen LogP contribution in [-0.4, -0.2) is 43.6 Å². The summed E-state index contributed by atoms with van der Waals surface area (Å²) in [6.07, 6.45) is 7.45. The summed E-state index contributed by atoms with van der Waals surface area (Å²) in [6.45, 7) is 3.84. The van der Waals surface area contributed by atoms with Gasteiger partial charge in [-0.1, -0.05) is 19.8 Å². The van der Waals surface area contributed by atoms with Crippen molar-refractivity contribution in [3.63, 3.8) is 0 Å². The highest BCUT2D eigenvalue weighted by molar-refractivity contribution is 7.89. The lowest BCUT2D eigenvalue weighted by Gasteiger charge is -2.35. The molecule has 2 aliphatic heterocycles. The smallest absolute Gasteiger partial charge is 0.215 e. The predicted octanol–water partition coefficient (Wildman–Crippen LogP) is 1.72. The summed E-state index contributed by atoms with van der Waals surface area (Å²) in [5.74, 6) is 0.299. The molecule has 1 N–H and O–H groups in total. The van der Waals surface area contributed by atoms with Crippen LogP contribution in [-0.2, 0) is 10.0 Å². The van der Waals surface area contributed by atoms with Crippen molar-refractivity contribution >= 4 is 10.0 Å². The van der Waals surface area contributed by atoms with E-state index in [0.717, 1.165) is 51.6 Å². The zero-order chi connectivity index (χ0) is 13.0. The third kappa shape index (κ3) is 3.45. The fourth-order valence-corrected chi connectivity index (χ4v) is 5.27. The molecule has 2 atom stereocenters. The largest absolute Gasteiger partial charge is 0.313 e. The standard InChI is InChI=1S/C13H26N2O2S/c1-2-6-13-8-3-4-10-15(13)18(16,17)11-12-7-5-9-14-12/h12-14H,2-11H2,1H3. The molecule has 2 fully saturated rings. The highest BCUT2D eigenvalue weighted by Gasteiger charge is 2.33. The van der Waals surface area contributed by atoms with E-state index >= 15 is 0 Å². The molecule has 0 radical (unpaired) electrons. The van der Waals surface area contributed by atoms with Gasteiger partial charge in [-0.05, 0) is 38.6 Å². The zero-order valence-electron chi connectivity index (χ0n) is 11.4. The first-order valence-corrected chi connectivity index (χ1v) is 8.97. The van der Waals surface area contributed by atoms with E-state index in [-0.39, 0.29) is 12.1 Å². The van der Waals surface area contributed by atoms with E-state index < -0.39 is 10.0 Å². The average molecular weight is 274 g/mol. The Morgan fingerprint density at radius 2 is 2.06 bits per heavy atom. The maximum absolute atomic E-state index is 12.5. The average Bonchev–Trinajstić information content (AvgIpc) is 2.82. The van der Waals surface area contributed by atoms with Crippen LogP contribution in [0.25, 0.3) is 0 Å². The van der Waals surface area contributed by atoms with Crippen LogP contribution in [0.3, 0.4) is 0 Å². The summed E-state index contributed by atoms with van der Waals surface area (Å²) in [4.78, 5) is 0. The maximum Gasteiger partial charge on any atom is 0.215 e. The number of hydrogen-bond donors (Lipinski definition) is 1. The normalized spacial score (nSPS) is 30.7. The summed E-state index contributed by atoms with van der Waals surface area (Å²) in [5, 5.41) is 3.29. The van der Waals surface area contributed by atoms with Crippen molar-refractivity contribution in [2.75, 3.05) is 18.8 Å². The molecule has 0 aliphatic carbocycles. The van der Waals surface area contributed by atoms with Gasteiger partial charge in [-0.3, -0.25) is 0 Å². The molecular weight excluding hydrogens is 248 g/mol. The quantitative estimate of drug-likeness (QED) is 0.830. The summed E-state index contributed by atoms with van der Waals surface area (Å²) < 4.78 is 26.8. The van der Waals surface area contributed by atoms with E-state index in [4.69, 9.17) is 0 Å². The number of sulfonamides is 1. The third-order valence-electron chi connectivity index (χ3n) is 4.13. The molecule has 0 spiro atoms. The number of piperidine rings is 1. The maximum atomic E-state index is 12.5. The van der Waals surface area contributed by atoms with Crippen molar-refractivity contribution in [2.45, 2.75) is 64.0 Å². The molecule has 0 aromatic heterocycles. The molecule has 2 saturated heterocycles. The molecule has 106 valence electrons. The van der Waals surface area contributed by atoms with Gasteiger partial charge in [0.1, 0.15) is 0 Å². The molecule has 0 bridgehead atoms. The van der Waals surface area contributed by atoms with Gasteiger partial charge in [-0.15, -0.1) is 0 Å². The molecule has 5 heteroatoms. The first-order chi connectivity index (χ1) is 8.63. The predicted molar refractivity (Wildman–Crippen MR) is 74.1 cm³/mol. The molecule has 2 rings (SSSR count). The number of nitrogens with zero attached hydrogens (tertiary/aromatic N) is 1. The van der Waals surface area contributed by atoms with Gasteiger partial charge >= 0.3 is 0 Å². The van der Waals surface area contributed by atoms with Crippen molar-refractivity contribution in [3.05, 3.63) is 0 Å². The number of hydrogen-bond acceptors (Lipinski definition) is 3. The topological polar surface area (TPSA) is 49.4 Å². The second-order valence-corrected chi connectivity index (χ2v) is 7.59. The van der Waals surface area contributed by atoms with Gasteiger partial charge in [0.05, 0.1) is 5.75 Å². The van der Waals surface area contributed by atoms with E-state index in [9.17, 15) is 8.42 Å². The van der Waals surface area contributed by atoms with Crippen molar-refractivity contribution in [1.82, 2.24) is 9.62 Å². The van der Waals surface area contributed by atoms with Crippen LogP contribution >= 0.6 is 0 Å². The molecule has 0 saturated carbocycles. The Morgan fingerprint density at radius 1 is 1.22 bits per heavy atom. The van der Waals surface area contributed by atoms with E-state index in [2.05, 4.69) is 12.2 Å². The monoisotopic (exact) mass is 274 g/mol. The highest BCUT2D eigenvalue weighted by atomic mass is 32.2. The first-order valence-electron chi connectivity index (χ1n) is 7.36. The van der Waals surface area contributed by atoms with E-state index in [1.54, 1.807) is 4.31 Å². The van der Waals surface area contributed by atoms with Crippen LogP contribution in [0.5, 0.6) is 0 Å². The molecule has 2 heterocycles. The first kappa shape index (κ1) is 14.3. The molecule has 0 aromatic carbocycles. The minimum atomic E-state index is -3.07. The third-order valence-corrected chi connectivity index (χ3v) is 6.15. The highest BCUT2D eigenvalue weighted by Crippen LogP contribution is 2.25. The lowest BCUT2D eigenvalue weighted by atomic mass is 10.0. The lowest BCUT2D eigenvalue weighted by molar-refractivity contribution is 0.239. The Hall–Kier alpha value is -0.130. The van der Waals surface area contributed by atoms with Crippen LogP contribution < -0.4 is 5.32 Å². The molecule has 4 nitrogen and oxygen atoms in total. The molecule has 2 unspecified atom stereocenters. The molecule has 0 amide bonds. The van der Waals surface area contributed by atoms with Crippen molar-refractivity contribution in [2.24, 2.45) is 0 Å². The second kappa shape index (κ2) is 6.35. The van der Waals surface area contributed by atoms with Crippen LogP contribution in [0, 0.1) is 0 Å². The van der Waals surface area contributed by atoms with E-state index in [0.29, 0.717) is 5.75 Å². The Kier molecular flexibility index (Phi) is 5.04. The van der Waals surface area contributed by atoms with Gasteiger partial charge in [-0.2, -0.15) is 4.31 Å². The zero-order valence-corrected chi connectivity index (χ0v) is 12.2. The van der Waals surface area contributed by atoms with Crippen molar-refractivity contribution in [1.29, 1.82) is 0 Å². The number of nitrogens with one attached hydrogen (secondary N) is 1. The second-order valence-electron chi connectivity index (χ2n) is 5.62. The minimum absolute atomic E-state index is 0.180. The Labute approximate surface area is 111 Å². The van der Waals surface area contributed by atoms with E-state index in [1.165, 1.54) is 6.42 Å². The molecule has 18 heavy (non-hydrogen) atoms. The summed E-state index contributed by atoms with van der Waals surface area (Å²) in [5.41, 5.74) is 0. The van der Waals surface area contributed by atoms with Crippen LogP contribution in [0.1, 0.15) is 51.9 Å².